The van der Waals surface area contributed by atoms with E-state index >= 15 is 0 Å². The lowest BCUT2D eigenvalue weighted by atomic mass is 9.86. The van der Waals surface area contributed by atoms with Crippen molar-refractivity contribution in [2.75, 3.05) is 53.0 Å². The van der Waals surface area contributed by atoms with E-state index in [0.717, 1.165) is 62.3 Å². The number of aliphatic imine (C=N–C) groups is 1. The Bertz CT molecular complexity index is 1030. The Morgan fingerprint density at radius 3 is 1.95 bits per heavy atom. The number of alkyl halides is 3. The summed E-state index contributed by atoms with van der Waals surface area (Å²) in [6.45, 7) is 24.7. The van der Waals surface area contributed by atoms with E-state index in [9.17, 15) is 18.0 Å². The molecule has 3 rings (SSSR count). The molecular formula is C33H53F3N4O2. The number of rotatable bonds is 8. The summed E-state index contributed by atoms with van der Waals surface area (Å²) in [6.07, 6.45) is -1.12. The maximum atomic E-state index is 13.3. The van der Waals surface area contributed by atoms with Crippen molar-refractivity contribution in [2.45, 2.75) is 86.0 Å². The lowest BCUT2D eigenvalue weighted by molar-refractivity contribution is -0.137. The molecule has 2 aliphatic heterocycles. The van der Waals surface area contributed by atoms with Gasteiger partial charge in [-0.3, -0.25) is 19.6 Å². The maximum Gasteiger partial charge on any atom is 0.416 e. The molecule has 0 radical (unpaired) electrons. The predicted molar refractivity (Wildman–Crippen MR) is 168 cm³/mol. The van der Waals surface area contributed by atoms with Crippen LogP contribution in [-0.4, -0.2) is 84.8 Å². The number of likely N-dealkylation sites (tertiary alicyclic amines) is 1. The fourth-order valence-corrected chi connectivity index (χ4v) is 5.64. The average Bonchev–Trinajstić information content (AvgIpc) is 2.98. The summed E-state index contributed by atoms with van der Waals surface area (Å²) in [6, 6.07) is 5.33. The number of ether oxygens (including phenoxy) is 1. The zero-order chi connectivity index (χ0) is 32.1. The average molecular weight is 595 g/mol. The third-order valence-electron chi connectivity index (χ3n) is 7.95. The van der Waals surface area contributed by atoms with Gasteiger partial charge in [0.1, 0.15) is 0 Å². The molecule has 2 heterocycles. The van der Waals surface area contributed by atoms with Gasteiger partial charge in [0.25, 0.3) is 5.91 Å². The largest absolute Gasteiger partial charge is 0.416 e. The number of allylic oxidation sites excluding steroid dienone is 1. The molecule has 0 saturated carbocycles. The fourth-order valence-electron chi connectivity index (χ4n) is 5.64. The highest BCUT2D eigenvalue weighted by atomic mass is 19.4. The second-order valence-electron chi connectivity index (χ2n) is 10.7. The number of nitrogens with zero attached hydrogens (tertiary/aromatic N) is 4. The fraction of sp³-hybridized carbons (Fsp3) is 0.636. The molecule has 2 aliphatic rings. The van der Waals surface area contributed by atoms with E-state index in [4.69, 9.17) is 4.74 Å². The molecule has 2 fully saturated rings. The normalized spacial score (nSPS) is 18.6. The molecule has 1 aromatic carbocycles. The van der Waals surface area contributed by atoms with Crippen LogP contribution in [-0.2, 0) is 15.7 Å². The summed E-state index contributed by atoms with van der Waals surface area (Å²) in [5, 5.41) is 0. The molecule has 238 valence electrons. The Morgan fingerprint density at radius 2 is 1.52 bits per heavy atom. The van der Waals surface area contributed by atoms with E-state index in [-0.39, 0.29) is 17.5 Å². The summed E-state index contributed by atoms with van der Waals surface area (Å²) < 4.78 is 44.5. The second-order valence-corrected chi connectivity index (χ2v) is 10.7. The van der Waals surface area contributed by atoms with Crippen molar-refractivity contribution in [1.29, 1.82) is 0 Å². The van der Waals surface area contributed by atoms with Crippen LogP contribution in [0.1, 0.15) is 85.4 Å². The number of amides is 1. The Kier molecular flexibility index (Phi) is 15.7. The number of methoxy groups -OCH3 is 1. The zero-order valence-electron chi connectivity index (χ0n) is 27.3. The lowest BCUT2D eigenvalue weighted by Gasteiger charge is -2.50. The molecule has 1 atom stereocenters. The van der Waals surface area contributed by atoms with Gasteiger partial charge in [0.05, 0.1) is 23.8 Å². The van der Waals surface area contributed by atoms with E-state index in [1.54, 1.807) is 19.2 Å². The second kappa shape index (κ2) is 17.6. The quantitative estimate of drug-likeness (QED) is 0.233. The van der Waals surface area contributed by atoms with Crippen LogP contribution in [0, 0.1) is 0 Å². The van der Waals surface area contributed by atoms with E-state index in [2.05, 4.69) is 28.3 Å². The van der Waals surface area contributed by atoms with Crippen LogP contribution in [0.2, 0.25) is 0 Å². The topological polar surface area (TPSA) is 48.4 Å². The molecule has 6 nitrogen and oxygen atoms in total. The molecule has 0 aromatic heterocycles. The minimum atomic E-state index is -4.35. The van der Waals surface area contributed by atoms with E-state index < -0.39 is 11.7 Å². The zero-order valence-corrected chi connectivity index (χ0v) is 27.3. The molecular weight excluding hydrogens is 541 g/mol. The Labute approximate surface area is 252 Å². The van der Waals surface area contributed by atoms with Gasteiger partial charge < -0.3 is 9.64 Å². The first-order chi connectivity index (χ1) is 19.9. The Morgan fingerprint density at radius 1 is 1.00 bits per heavy atom. The summed E-state index contributed by atoms with van der Waals surface area (Å²) >= 11 is 0. The molecule has 0 N–H and O–H groups in total. The first kappa shape index (κ1) is 37.5. The number of piperazine rings is 1. The number of halogens is 3. The summed E-state index contributed by atoms with van der Waals surface area (Å²) in [4.78, 5) is 24.3. The van der Waals surface area contributed by atoms with Crippen LogP contribution in [0.4, 0.5) is 13.2 Å². The van der Waals surface area contributed by atoms with Gasteiger partial charge in [0, 0.05) is 63.8 Å². The van der Waals surface area contributed by atoms with E-state index in [1.807, 2.05) is 53.4 Å². The van der Waals surface area contributed by atoms with Crippen LogP contribution in [0.3, 0.4) is 0 Å². The molecule has 0 unspecified atom stereocenters. The number of carbonyl (C=O) groups is 1. The summed E-state index contributed by atoms with van der Waals surface area (Å²) in [5.41, 5.74) is 2.48. The van der Waals surface area contributed by atoms with Gasteiger partial charge in [-0.05, 0) is 58.2 Å². The molecule has 2 saturated heterocycles. The lowest BCUT2D eigenvalue weighted by Crippen LogP contribution is -2.60. The third-order valence-corrected chi connectivity index (χ3v) is 7.95. The monoisotopic (exact) mass is 594 g/mol. The van der Waals surface area contributed by atoms with Crippen molar-refractivity contribution in [1.82, 2.24) is 14.7 Å². The molecule has 9 heteroatoms. The predicted octanol–water partition coefficient (Wildman–Crippen LogP) is 7.38. The van der Waals surface area contributed by atoms with Crippen LogP contribution < -0.4 is 0 Å². The van der Waals surface area contributed by atoms with Crippen molar-refractivity contribution in [3.63, 3.8) is 0 Å². The first-order valence-electron chi connectivity index (χ1n) is 15.2. The van der Waals surface area contributed by atoms with Gasteiger partial charge in [-0.25, -0.2) is 0 Å². The Hall–Kier alpha value is -2.49. The van der Waals surface area contributed by atoms with Gasteiger partial charge in [-0.2, -0.15) is 13.2 Å². The van der Waals surface area contributed by atoms with Crippen molar-refractivity contribution in [3.05, 3.63) is 59.3 Å². The van der Waals surface area contributed by atoms with Gasteiger partial charge >= 0.3 is 6.18 Å². The minimum absolute atomic E-state index is 0.0105. The van der Waals surface area contributed by atoms with Crippen molar-refractivity contribution in [2.24, 2.45) is 4.99 Å². The molecule has 0 spiro atoms. The van der Waals surface area contributed by atoms with Crippen molar-refractivity contribution >= 4 is 11.6 Å². The van der Waals surface area contributed by atoms with Crippen LogP contribution in [0.5, 0.6) is 0 Å². The summed E-state index contributed by atoms with van der Waals surface area (Å²) in [7, 11) is 1.62. The first-order valence-corrected chi connectivity index (χ1v) is 15.2. The molecule has 0 bridgehead atoms. The number of piperidine rings is 1. The number of hydrogen-bond donors (Lipinski definition) is 0. The minimum Gasteiger partial charge on any atom is -0.383 e. The molecule has 0 aliphatic carbocycles. The smallest absolute Gasteiger partial charge is 0.383 e. The molecule has 42 heavy (non-hydrogen) atoms. The van der Waals surface area contributed by atoms with Crippen molar-refractivity contribution in [3.8, 4) is 0 Å². The standard InChI is InChI=1S/C29H41F3N4O2.2C2H6/c1-7-33-22(4)26(21(2)3)27(37)35-14-12-28(5,13-15-35)36-18-16-34(17-19-36)25(20-38-6)23-8-10-24(11-9-23)29(30,31)32;2*1-2/h7-11,25H,1,12-20H2,2-6H3;2*1-2H3/t25-;;/m0../s1. The Balaban J connectivity index is 0.00000211. The van der Waals surface area contributed by atoms with Gasteiger partial charge in [0.15, 0.2) is 0 Å². The van der Waals surface area contributed by atoms with Gasteiger partial charge in [0.2, 0.25) is 0 Å². The van der Waals surface area contributed by atoms with Gasteiger partial charge in [-0.15, -0.1) is 0 Å². The number of benzene rings is 1. The van der Waals surface area contributed by atoms with E-state index in [0.29, 0.717) is 31.0 Å². The van der Waals surface area contributed by atoms with Crippen LogP contribution in [0.25, 0.3) is 0 Å². The maximum absolute atomic E-state index is 13.3. The summed E-state index contributed by atoms with van der Waals surface area (Å²) in [5.74, 6) is 0.0268. The van der Waals surface area contributed by atoms with Crippen LogP contribution >= 0.6 is 0 Å². The van der Waals surface area contributed by atoms with E-state index in [1.165, 1.54) is 6.20 Å². The third kappa shape index (κ3) is 9.78. The highest BCUT2D eigenvalue weighted by Crippen LogP contribution is 2.34. The number of hydrogen-bond acceptors (Lipinski definition) is 5. The molecule has 1 aromatic rings. The molecule has 1 amide bonds. The highest BCUT2D eigenvalue weighted by Gasteiger charge is 2.40. The highest BCUT2D eigenvalue weighted by molar-refractivity contribution is 6.21. The SMILES string of the molecule is C=CN=C(C)C(C(=O)N1CCC(C)(N2CCN([C@@H](COC)c3ccc(C(F)(F)F)cc3)CC2)CC1)=C(C)C.CC.CC. The van der Waals surface area contributed by atoms with Crippen molar-refractivity contribution < 1.29 is 22.7 Å². The number of carbonyl (C=O) groups excluding carboxylic acids is 1. The van der Waals surface area contributed by atoms with Crippen LogP contribution in [0.15, 0.2) is 53.2 Å². The van der Waals surface area contributed by atoms with Gasteiger partial charge in [-0.1, -0.05) is 52.0 Å².